The molecule has 0 unspecified atom stereocenters. The summed E-state index contributed by atoms with van der Waals surface area (Å²) in [5.41, 5.74) is 1.36. The largest absolute Gasteiger partial charge is 0.102 e. The summed E-state index contributed by atoms with van der Waals surface area (Å²) in [6.45, 7) is 1.91. The Labute approximate surface area is 63.3 Å². The molecule has 0 spiro atoms. The Bertz CT molecular complexity index is 176. The summed E-state index contributed by atoms with van der Waals surface area (Å²) in [5, 5.41) is 0. The molecular weight excluding hydrogens is 120 g/mol. The number of allylic oxidation sites excluding steroid dienone is 2. The molecule has 1 aliphatic carbocycles. The van der Waals surface area contributed by atoms with Crippen LogP contribution in [0, 0.1) is 11.8 Å². The zero-order chi connectivity index (χ0) is 7.23. The van der Waals surface area contributed by atoms with E-state index < -0.39 is 0 Å². The van der Waals surface area contributed by atoms with Crippen LogP contribution in [0.3, 0.4) is 0 Å². The molecule has 0 fully saturated rings. The lowest BCUT2D eigenvalue weighted by atomic mass is 10.1. The van der Waals surface area contributed by atoms with Crippen LogP contribution in [-0.4, -0.2) is 0 Å². The molecule has 0 saturated carbocycles. The first-order valence-electron chi connectivity index (χ1n) is 4.05. The molecule has 1 rings (SSSR count). The van der Waals surface area contributed by atoms with Gasteiger partial charge in [0.2, 0.25) is 0 Å². The van der Waals surface area contributed by atoms with Crippen molar-refractivity contribution in [3.8, 4) is 11.8 Å². The molecule has 0 aromatic carbocycles. The van der Waals surface area contributed by atoms with Crippen LogP contribution in [0.25, 0.3) is 0 Å². The fraction of sp³-hybridized carbons (Fsp3) is 0.600. The monoisotopic (exact) mass is 134 g/mol. The summed E-state index contributed by atoms with van der Waals surface area (Å²) >= 11 is 0. The van der Waals surface area contributed by atoms with Crippen molar-refractivity contribution < 1.29 is 0 Å². The molecule has 54 valence electrons. The van der Waals surface area contributed by atoms with Crippen LogP contribution in [0.5, 0.6) is 0 Å². The van der Waals surface area contributed by atoms with Gasteiger partial charge in [-0.3, -0.25) is 0 Å². The van der Waals surface area contributed by atoms with Gasteiger partial charge in [0, 0.05) is 0 Å². The van der Waals surface area contributed by atoms with Crippen LogP contribution >= 0.6 is 0 Å². The molecule has 0 heteroatoms. The number of hydrogen-bond donors (Lipinski definition) is 0. The number of hydrogen-bond acceptors (Lipinski definition) is 0. The van der Waals surface area contributed by atoms with Crippen LogP contribution in [0.4, 0.5) is 0 Å². The summed E-state index contributed by atoms with van der Waals surface area (Å²) in [6, 6.07) is 0. The van der Waals surface area contributed by atoms with Crippen molar-refractivity contribution in [1.29, 1.82) is 0 Å². The third-order valence-corrected chi connectivity index (χ3v) is 1.83. The highest BCUT2D eigenvalue weighted by Gasteiger charge is 1.98. The lowest BCUT2D eigenvalue weighted by Crippen LogP contribution is -1.75. The van der Waals surface area contributed by atoms with Crippen LogP contribution in [-0.2, 0) is 0 Å². The highest BCUT2D eigenvalue weighted by Crippen LogP contribution is 2.15. The smallest absolute Gasteiger partial charge is 0.00197 e. The molecule has 10 heavy (non-hydrogen) atoms. The first-order valence-corrected chi connectivity index (χ1v) is 4.05. The molecule has 0 nitrogen and oxygen atoms in total. The van der Waals surface area contributed by atoms with Gasteiger partial charge < -0.3 is 0 Å². The molecule has 0 atom stereocenters. The van der Waals surface area contributed by atoms with E-state index in [1.165, 1.54) is 37.7 Å². The Morgan fingerprint density at radius 1 is 1.30 bits per heavy atom. The second-order valence-corrected chi connectivity index (χ2v) is 2.70. The average Bonchev–Trinajstić information content (AvgIpc) is 2.17. The van der Waals surface area contributed by atoms with Crippen LogP contribution < -0.4 is 0 Å². The molecule has 0 aliphatic heterocycles. The predicted molar refractivity (Wildman–Crippen MR) is 44.6 cm³/mol. The minimum absolute atomic E-state index is 1.21. The normalized spacial score (nSPS) is 18.3. The van der Waals surface area contributed by atoms with Crippen molar-refractivity contribution in [2.45, 2.75) is 39.0 Å². The molecule has 0 N–H and O–H groups in total. The lowest BCUT2D eigenvalue weighted by Gasteiger charge is -1.91. The maximum atomic E-state index is 3.14. The Kier molecular flexibility index (Phi) is 3.09. The quantitative estimate of drug-likeness (QED) is 0.447. The lowest BCUT2D eigenvalue weighted by molar-refractivity contribution is 0.714. The van der Waals surface area contributed by atoms with Crippen molar-refractivity contribution in [3.05, 3.63) is 11.6 Å². The minimum atomic E-state index is 1.21. The molecule has 0 radical (unpaired) electrons. The third kappa shape index (κ3) is 2.27. The first-order chi connectivity index (χ1) is 4.93. The Hall–Kier alpha value is -0.700. The van der Waals surface area contributed by atoms with E-state index in [0.29, 0.717) is 0 Å². The van der Waals surface area contributed by atoms with E-state index in [1.54, 1.807) is 0 Å². The van der Waals surface area contributed by atoms with Gasteiger partial charge in [-0.05, 0) is 38.2 Å². The van der Waals surface area contributed by atoms with Crippen LogP contribution in [0.1, 0.15) is 39.0 Å². The molecule has 0 bridgehead atoms. The molecule has 0 aromatic rings. The van der Waals surface area contributed by atoms with Crippen molar-refractivity contribution in [3.63, 3.8) is 0 Å². The van der Waals surface area contributed by atoms with Crippen LogP contribution in [0.2, 0.25) is 0 Å². The Morgan fingerprint density at radius 2 is 2.20 bits per heavy atom. The van der Waals surface area contributed by atoms with Crippen molar-refractivity contribution in [2.24, 2.45) is 0 Å². The average molecular weight is 134 g/mol. The zero-order valence-corrected chi connectivity index (χ0v) is 6.61. The van der Waals surface area contributed by atoms with E-state index in [-0.39, 0.29) is 0 Å². The van der Waals surface area contributed by atoms with Gasteiger partial charge in [0.15, 0.2) is 0 Å². The van der Waals surface area contributed by atoms with E-state index in [0.717, 1.165) is 0 Å². The van der Waals surface area contributed by atoms with Crippen LogP contribution in [0.15, 0.2) is 11.6 Å². The summed E-state index contributed by atoms with van der Waals surface area (Å²) in [6.07, 6.45) is 8.81. The maximum absolute atomic E-state index is 3.14. The molecule has 0 heterocycles. The van der Waals surface area contributed by atoms with Gasteiger partial charge in [-0.25, -0.2) is 0 Å². The second kappa shape index (κ2) is 4.17. The fourth-order valence-electron chi connectivity index (χ4n) is 1.29. The van der Waals surface area contributed by atoms with E-state index in [1.807, 2.05) is 6.92 Å². The standard InChI is InChI=1S/C10H14/c1-2-7-10-8-5-3-4-6-9-10/h8H,3-6,9H2,1H3. The predicted octanol–water partition coefficient (Wildman–Crippen LogP) is 2.90. The molecular formula is C10H14. The fourth-order valence-corrected chi connectivity index (χ4v) is 1.29. The highest BCUT2D eigenvalue weighted by molar-refractivity contribution is 5.28. The van der Waals surface area contributed by atoms with Crippen molar-refractivity contribution in [2.75, 3.05) is 0 Å². The molecule has 0 aromatic heterocycles. The summed E-state index contributed by atoms with van der Waals surface area (Å²) in [4.78, 5) is 0. The van der Waals surface area contributed by atoms with Gasteiger partial charge >= 0.3 is 0 Å². The Morgan fingerprint density at radius 3 is 3.00 bits per heavy atom. The van der Waals surface area contributed by atoms with Crippen molar-refractivity contribution >= 4 is 0 Å². The first kappa shape index (κ1) is 7.41. The van der Waals surface area contributed by atoms with Gasteiger partial charge in [0.05, 0.1) is 0 Å². The maximum Gasteiger partial charge on any atom is -0.00197 e. The molecule has 0 amide bonds. The van der Waals surface area contributed by atoms with Gasteiger partial charge in [0.25, 0.3) is 0 Å². The third-order valence-electron chi connectivity index (χ3n) is 1.83. The van der Waals surface area contributed by atoms with Gasteiger partial charge in [-0.1, -0.05) is 18.4 Å². The van der Waals surface area contributed by atoms with Crippen molar-refractivity contribution in [1.82, 2.24) is 0 Å². The van der Waals surface area contributed by atoms with E-state index in [4.69, 9.17) is 0 Å². The van der Waals surface area contributed by atoms with Gasteiger partial charge in [0.1, 0.15) is 0 Å². The van der Waals surface area contributed by atoms with E-state index >= 15 is 0 Å². The number of rotatable bonds is 0. The van der Waals surface area contributed by atoms with E-state index in [2.05, 4.69) is 17.9 Å². The molecule has 1 aliphatic rings. The topological polar surface area (TPSA) is 0 Å². The highest BCUT2D eigenvalue weighted by atomic mass is 14.0. The minimum Gasteiger partial charge on any atom is -0.102 e. The molecule has 0 saturated heterocycles. The zero-order valence-electron chi connectivity index (χ0n) is 6.61. The van der Waals surface area contributed by atoms with E-state index in [9.17, 15) is 0 Å². The van der Waals surface area contributed by atoms with Gasteiger partial charge in [-0.2, -0.15) is 0 Å². The summed E-state index contributed by atoms with van der Waals surface area (Å²) in [7, 11) is 0. The van der Waals surface area contributed by atoms with Gasteiger partial charge in [-0.15, -0.1) is 5.92 Å². The second-order valence-electron chi connectivity index (χ2n) is 2.70. The summed E-state index contributed by atoms with van der Waals surface area (Å²) < 4.78 is 0. The Balaban J connectivity index is 2.51. The SMILES string of the molecule is CC#CC1=CCCCCC1. The summed E-state index contributed by atoms with van der Waals surface area (Å²) in [5.74, 6) is 6.08.